The van der Waals surface area contributed by atoms with Crippen LogP contribution >= 0.6 is 0 Å². The lowest BCUT2D eigenvalue weighted by Gasteiger charge is -2.35. The van der Waals surface area contributed by atoms with Crippen LogP contribution in [0.1, 0.15) is 33.6 Å². The molecule has 8 nitrogen and oxygen atoms in total. The Morgan fingerprint density at radius 1 is 0.812 bits per heavy atom. The van der Waals surface area contributed by atoms with Crippen LogP contribution in [0.15, 0.2) is 10.9 Å². The molecule has 0 saturated carbocycles. The summed E-state index contributed by atoms with van der Waals surface area (Å²) >= 11 is 0. The van der Waals surface area contributed by atoms with Gasteiger partial charge in [0.1, 0.15) is 9.52 Å². The van der Waals surface area contributed by atoms with Gasteiger partial charge in [-0.25, -0.2) is 0 Å². The Bertz CT molecular complexity index is 443. The van der Waals surface area contributed by atoms with E-state index in [1.807, 2.05) is 13.8 Å². The molecule has 0 rings (SSSR count). The van der Waals surface area contributed by atoms with Gasteiger partial charge in [-0.2, -0.15) is 0 Å². The molecule has 5 radical (unpaired) electrons. The maximum atomic E-state index is 5.87. The molecule has 0 amide bonds. The van der Waals surface area contributed by atoms with Crippen molar-refractivity contribution in [1.29, 1.82) is 0 Å². The molecule has 0 spiro atoms. The molecule has 0 aromatic rings. The van der Waals surface area contributed by atoms with Gasteiger partial charge in [0.25, 0.3) is 0 Å². The zero-order valence-corrected chi connectivity index (χ0v) is 25.7. The summed E-state index contributed by atoms with van der Waals surface area (Å²) < 4.78 is 33.5. The fourth-order valence-electron chi connectivity index (χ4n) is 3.15. The molecule has 0 aliphatic heterocycles. The highest BCUT2D eigenvalue weighted by Gasteiger charge is 2.23. The Labute approximate surface area is 204 Å². The minimum absolute atomic E-state index is 0.318. The first-order chi connectivity index (χ1) is 15.4. The van der Waals surface area contributed by atoms with Gasteiger partial charge in [-0.15, -0.1) is 0 Å². The van der Waals surface area contributed by atoms with E-state index in [-0.39, 0.29) is 0 Å². The van der Waals surface area contributed by atoms with E-state index in [2.05, 4.69) is 36.5 Å². The van der Waals surface area contributed by atoms with Crippen molar-refractivity contribution in [3.8, 4) is 0 Å². The summed E-state index contributed by atoms with van der Waals surface area (Å²) in [6, 6.07) is 1.96. The third-order valence-corrected chi connectivity index (χ3v) is 12.2. The molecule has 0 unspecified atom stereocenters. The van der Waals surface area contributed by atoms with E-state index >= 15 is 0 Å². The minimum atomic E-state index is -1.37. The number of nitrogens with zero attached hydrogens (tertiary/aromatic N) is 2. The first kappa shape index (κ1) is 32.3. The molecule has 0 N–H and O–H groups in total. The molecule has 0 heterocycles. The standard InChI is InChI=1S/C20H45N2O6Si4/c1-10-27-32(28-11-2)19(3)18-29-20(21(4)14-12-16-30(23-6)24-7)22(5)15-13-17-31(25-8)26-9/h18,20H,10-17H2,1-9H3. The molecule has 0 saturated heterocycles. The van der Waals surface area contributed by atoms with Crippen molar-refractivity contribution >= 4 is 37.4 Å². The summed E-state index contributed by atoms with van der Waals surface area (Å²) in [5.41, 5.74) is 2.33. The van der Waals surface area contributed by atoms with Crippen LogP contribution in [0.25, 0.3) is 0 Å². The number of allylic oxidation sites excluding steroid dienone is 1. The van der Waals surface area contributed by atoms with Crippen molar-refractivity contribution in [2.75, 3.05) is 68.8 Å². The SMILES string of the molecule is CCO[Si](OCC)C(C)=C[Si]C(N(C)CCC[Si](OC)OC)N(C)CCC[Si](OC)OC. The van der Waals surface area contributed by atoms with E-state index in [9.17, 15) is 0 Å². The van der Waals surface area contributed by atoms with E-state index in [0.29, 0.717) is 28.5 Å². The van der Waals surface area contributed by atoms with E-state index in [0.717, 1.165) is 38.0 Å². The molecule has 187 valence electrons. The quantitative estimate of drug-likeness (QED) is 0.168. The fourth-order valence-corrected chi connectivity index (χ4v) is 8.14. The third kappa shape index (κ3) is 13.9. The smallest absolute Gasteiger partial charge is 0.397 e. The molecule has 0 aliphatic carbocycles. The third-order valence-electron chi connectivity index (χ3n) is 4.85. The second-order valence-corrected chi connectivity index (χ2v) is 14.5. The molecular weight excluding hydrogens is 477 g/mol. The molecule has 0 aromatic heterocycles. The van der Waals surface area contributed by atoms with Crippen LogP contribution in [-0.4, -0.2) is 122 Å². The van der Waals surface area contributed by atoms with Crippen molar-refractivity contribution in [2.24, 2.45) is 0 Å². The van der Waals surface area contributed by atoms with E-state index in [1.165, 1.54) is 5.20 Å². The van der Waals surface area contributed by atoms with Gasteiger partial charge in [0.2, 0.25) is 0 Å². The first-order valence-electron chi connectivity index (χ1n) is 11.2. The normalized spacial score (nSPS) is 13.2. The number of hydrogen-bond acceptors (Lipinski definition) is 8. The lowest BCUT2D eigenvalue weighted by atomic mass is 10.4. The van der Waals surface area contributed by atoms with Crippen LogP contribution in [0.4, 0.5) is 0 Å². The van der Waals surface area contributed by atoms with Crippen molar-refractivity contribution in [2.45, 2.75) is 51.5 Å². The van der Waals surface area contributed by atoms with Crippen molar-refractivity contribution in [3.05, 3.63) is 10.9 Å². The lowest BCUT2D eigenvalue weighted by molar-refractivity contribution is 0.143. The van der Waals surface area contributed by atoms with Crippen molar-refractivity contribution < 1.29 is 26.6 Å². The molecule has 0 fully saturated rings. The minimum Gasteiger partial charge on any atom is -0.397 e. The highest BCUT2D eigenvalue weighted by Crippen LogP contribution is 2.11. The summed E-state index contributed by atoms with van der Waals surface area (Å²) in [5, 5.41) is 1.23. The molecule has 0 aliphatic rings. The number of rotatable bonds is 21. The van der Waals surface area contributed by atoms with Crippen LogP contribution in [0.5, 0.6) is 0 Å². The van der Waals surface area contributed by atoms with Gasteiger partial charge in [-0.3, -0.25) is 9.80 Å². The largest absolute Gasteiger partial charge is 0.418 e. The highest BCUT2D eigenvalue weighted by molar-refractivity contribution is 6.57. The molecule has 0 bridgehead atoms. The van der Waals surface area contributed by atoms with E-state index < -0.39 is 27.9 Å². The van der Waals surface area contributed by atoms with Gasteiger partial charge in [0.05, 0.1) is 5.79 Å². The Balaban J connectivity index is 5.11. The zero-order chi connectivity index (χ0) is 24.4. The van der Waals surface area contributed by atoms with Gasteiger partial charge in [0.15, 0.2) is 0 Å². The molecular formula is C20H45N2O6Si4. The van der Waals surface area contributed by atoms with Crippen molar-refractivity contribution in [3.63, 3.8) is 0 Å². The van der Waals surface area contributed by atoms with E-state index in [4.69, 9.17) is 26.6 Å². The van der Waals surface area contributed by atoms with Crippen LogP contribution < -0.4 is 0 Å². The highest BCUT2D eigenvalue weighted by atomic mass is 28.3. The van der Waals surface area contributed by atoms with Gasteiger partial charge in [0, 0.05) is 41.7 Å². The van der Waals surface area contributed by atoms with Gasteiger partial charge in [-0.05, 0) is 78.1 Å². The Morgan fingerprint density at radius 2 is 1.22 bits per heavy atom. The molecule has 0 atom stereocenters. The first-order valence-corrected chi connectivity index (χ1v) is 16.7. The molecule has 0 aromatic carbocycles. The zero-order valence-electron chi connectivity index (χ0n) is 21.7. The van der Waals surface area contributed by atoms with Gasteiger partial charge in [-0.1, -0.05) is 5.70 Å². The second kappa shape index (κ2) is 20.6. The Hall–Kier alpha value is 0.288. The average molecular weight is 522 g/mol. The summed E-state index contributed by atoms with van der Waals surface area (Å²) in [7, 11) is 8.32. The van der Waals surface area contributed by atoms with Gasteiger partial charge >= 0.3 is 27.9 Å². The molecule has 32 heavy (non-hydrogen) atoms. The summed E-state index contributed by atoms with van der Waals surface area (Å²) in [6.07, 6.45) is 2.11. The van der Waals surface area contributed by atoms with Crippen molar-refractivity contribution in [1.82, 2.24) is 9.80 Å². The predicted octanol–water partition coefficient (Wildman–Crippen LogP) is 2.18. The topological polar surface area (TPSA) is 61.9 Å². The van der Waals surface area contributed by atoms with Gasteiger partial charge < -0.3 is 26.6 Å². The predicted molar refractivity (Wildman–Crippen MR) is 136 cm³/mol. The lowest BCUT2D eigenvalue weighted by Crippen LogP contribution is -2.49. The summed E-state index contributed by atoms with van der Waals surface area (Å²) in [6.45, 7) is 9.53. The van der Waals surface area contributed by atoms with Crippen LogP contribution in [0, 0.1) is 0 Å². The molecule has 12 heteroatoms. The van der Waals surface area contributed by atoms with E-state index in [1.54, 1.807) is 28.4 Å². The second-order valence-electron chi connectivity index (χ2n) is 7.25. The average Bonchev–Trinajstić information content (AvgIpc) is 2.79. The summed E-state index contributed by atoms with van der Waals surface area (Å²) in [4.78, 5) is 4.89. The van der Waals surface area contributed by atoms with Crippen LogP contribution in [0.3, 0.4) is 0 Å². The van der Waals surface area contributed by atoms with Crippen LogP contribution in [-0.2, 0) is 26.6 Å². The Kier molecular flexibility index (Phi) is 20.8. The monoisotopic (exact) mass is 521 g/mol. The maximum Gasteiger partial charge on any atom is 0.418 e. The van der Waals surface area contributed by atoms with Crippen LogP contribution in [0.2, 0.25) is 12.1 Å². The number of hydrogen-bond donors (Lipinski definition) is 0. The Morgan fingerprint density at radius 3 is 1.56 bits per heavy atom. The summed E-state index contributed by atoms with van der Waals surface area (Å²) in [5.74, 6) is 0.318. The maximum absolute atomic E-state index is 5.87. The fraction of sp³-hybridized carbons (Fsp3) is 0.900.